The van der Waals surface area contributed by atoms with Gasteiger partial charge in [-0.25, -0.2) is 0 Å². The van der Waals surface area contributed by atoms with Gasteiger partial charge in [-0.15, -0.1) is 22.7 Å². The van der Waals surface area contributed by atoms with E-state index in [0.29, 0.717) is 5.92 Å². The zero-order valence-electron chi connectivity index (χ0n) is 24.1. The van der Waals surface area contributed by atoms with Gasteiger partial charge in [0.2, 0.25) is 0 Å². The maximum Gasteiger partial charge on any atom is 0.0496 e. The van der Waals surface area contributed by atoms with Crippen molar-refractivity contribution in [3.05, 3.63) is 115 Å². The van der Waals surface area contributed by atoms with Gasteiger partial charge in [0.1, 0.15) is 0 Å². The summed E-state index contributed by atoms with van der Waals surface area (Å²) in [4.78, 5) is 2.59. The standard InChI is InChI=1S/C40H33NS2/c1-4-10-35(34(9-1)40-26-18-24-17-25(20-26)21-27(40)19-24)41(28-13-15-32-30-7-2-5-11-36(30)42-38(32)22-28)29-14-16-33-31-8-3-6-12-37(31)43-39(33)23-29/h1-16,22-27,40H,17-21H2. The van der Waals surface area contributed by atoms with E-state index in [1.165, 1.54) is 89.5 Å². The summed E-state index contributed by atoms with van der Waals surface area (Å²) in [5.74, 6) is 4.32. The lowest BCUT2D eigenvalue weighted by atomic mass is 9.50. The fourth-order valence-corrected chi connectivity index (χ4v) is 11.8. The van der Waals surface area contributed by atoms with Crippen molar-refractivity contribution in [2.75, 3.05) is 4.90 Å². The number of fused-ring (bicyclic) bond motifs is 6. The molecule has 0 radical (unpaired) electrons. The molecule has 3 heteroatoms. The maximum atomic E-state index is 2.59. The Morgan fingerprint density at radius 2 is 0.953 bits per heavy atom. The Kier molecular flexibility index (Phi) is 5.42. The van der Waals surface area contributed by atoms with Gasteiger partial charge in [-0.05, 0) is 110 Å². The number of hydrogen-bond acceptors (Lipinski definition) is 3. The maximum absolute atomic E-state index is 2.59. The molecule has 4 aliphatic carbocycles. The van der Waals surface area contributed by atoms with Crippen molar-refractivity contribution in [1.82, 2.24) is 0 Å². The van der Waals surface area contributed by atoms with Gasteiger partial charge in [-0.2, -0.15) is 0 Å². The quantitative estimate of drug-likeness (QED) is 0.197. The average Bonchev–Trinajstić information content (AvgIpc) is 3.59. The molecule has 0 amide bonds. The lowest BCUT2D eigenvalue weighted by Crippen LogP contribution is -2.44. The van der Waals surface area contributed by atoms with Gasteiger partial charge in [0.25, 0.3) is 0 Å². The van der Waals surface area contributed by atoms with Crippen molar-refractivity contribution in [2.45, 2.75) is 38.0 Å². The van der Waals surface area contributed by atoms with Crippen molar-refractivity contribution >= 4 is 80.1 Å². The minimum Gasteiger partial charge on any atom is -0.310 e. The number of para-hydroxylation sites is 1. The summed E-state index contributed by atoms with van der Waals surface area (Å²) < 4.78 is 5.45. The Hall–Kier alpha value is -3.66. The predicted molar refractivity (Wildman–Crippen MR) is 187 cm³/mol. The summed E-state index contributed by atoms with van der Waals surface area (Å²) in [5.41, 5.74) is 5.47. The molecule has 43 heavy (non-hydrogen) atoms. The first-order chi connectivity index (χ1) is 21.3. The summed E-state index contributed by atoms with van der Waals surface area (Å²) in [6.45, 7) is 0. The molecule has 4 bridgehead atoms. The van der Waals surface area contributed by atoms with Gasteiger partial charge in [-0.3, -0.25) is 0 Å². The summed E-state index contributed by atoms with van der Waals surface area (Å²) in [7, 11) is 0. The monoisotopic (exact) mass is 591 g/mol. The normalized spacial score (nSPS) is 24.5. The van der Waals surface area contributed by atoms with Crippen LogP contribution in [-0.4, -0.2) is 0 Å². The molecule has 4 aliphatic rings. The summed E-state index contributed by atoms with van der Waals surface area (Å²) >= 11 is 3.83. The van der Waals surface area contributed by atoms with Crippen LogP contribution in [0, 0.1) is 23.7 Å². The van der Waals surface area contributed by atoms with Gasteiger partial charge in [-0.1, -0.05) is 66.7 Å². The van der Waals surface area contributed by atoms with E-state index in [9.17, 15) is 0 Å². The second-order valence-corrected chi connectivity index (χ2v) is 15.6. The number of benzene rings is 5. The fourth-order valence-electron chi connectivity index (χ4n) is 9.54. The highest BCUT2D eigenvalue weighted by molar-refractivity contribution is 7.26. The Balaban J connectivity index is 1.18. The molecule has 0 aliphatic heterocycles. The first-order valence-electron chi connectivity index (χ1n) is 16.0. The Bertz CT molecular complexity index is 2040. The van der Waals surface area contributed by atoms with Crippen LogP contribution in [0.5, 0.6) is 0 Å². The zero-order valence-corrected chi connectivity index (χ0v) is 25.7. The molecule has 0 unspecified atom stereocenters. The zero-order chi connectivity index (χ0) is 28.1. The van der Waals surface area contributed by atoms with E-state index in [-0.39, 0.29) is 0 Å². The third kappa shape index (κ3) is 3.81. The van der Waals surface area contributed by atoms with Crippen LogP contribution < -0.4 is 4.90 Å². The van der Waals surface area contributed by atoms with E-state index in [0.717, 1.165) is 23.7 Å². The van der Waals surface area contributed by atoms with Crippen LogP contribution in [0.25, 0.3) is 40.3 Å². The van der Waals surface area contributed by atoms with Crippen molar-refractivity contribution < 1.29 is 0 Å². The van der Waals surface area contributed by atoms with Crippen molar-refractivity contribution in [3.8, 4) is 0 Å². The predicted octanol–water partition coefficient (Wildman–Crippen LogP) is 12.4. The van der Waals surface area contributed by atoms with Crippen LogP contribution in [0.2, 0.25) is 0 Å². The summed E-state index contributed by atoms with van der Waals surface area (Å²) in [6, 6.07) is 41.5. The Morgan fingerprint density at radius 3 is 1.53 bits per heavy atom. The molecule has 4 saturated carbocycles. The molecular formula is C40H33NS2. The Morgan fingerprint density at radius 1 is 0.465 bits per heavy atom. The highest BCUT2D eigenvalue weighted by Crippen LogP contribution is 2.61. The van der Waals surface area contributed by atoms with Gasteiger partial charge in [0.15, 0.2) is 0 Å². The molecule has 1 nitrogen and oxygen atoms in total. The first-order valence-corrected chi connectivity index (χ1v) is 17.6. The van der Waals surface area contributed by atoms with Crippen molar-refractivity contribution in [1.29, 1.82) is 0 Å². The molecule has 7 aromatic rings. The molecule has 5 aromatic carbocycles. The van der Waals surface area contributed by atoms with E-state index in [1.807, 2.05) is 22.7 Å². The first kappa shape index (κ1) is 24.7. The molecular weight excluding hydrogens is 559 g/mol. The van der Waals surface area contributed by atoms with Crippen LogP contribution in [0.3, 0.4) is 0 Å². The topological polar surface area (TPSA) is 3.24 Å². The molecule has 0 saturated heterocycles. The smallest absolute Gasteiger partial charge is 0.0496 e. The summed E-state index contributed by atoms with van der Waals surface area (Å²) in [5, 5.41) is 5.44. The van der Waals surface area contributed by atoms with Crippen molar-refractivity contribution in [2.24, 2.45) is 23.7 Å². The third-order valence-corrected chi connectivity index (χ3v) is 13.3. The lowest BCUT2D eigenvalue weighted by Gasteiger charge is -2.55. The van der Waals surface area contributed by atoms with Crippen LogP contribution >= 0.6 is 22.7 Å². The van der Waals surface area contributed by atoms with E-state index in [1.54, 1.807) is 5.56 Å². The van der Waals surface area contributed by atoms with E-state index < -0.39 is 0 Å². The highest BCUT2D eigenvalue weighted by Gasteiger charge is 2.49. The molecule has 210 valence electrons. The van der Waals surface area contributed by atoms with Crippen molar-refractivity contribution in [3.63, 3.8) is 0 Å². The highest BCUT2D eigenvalue weighted by atomic mass is 32.1. The van der Waals surface area contributed by atoms with E-state index in [4.69, 9.17) is 0 Å². The van der Waals surface area contributed by atoms with E-state index >= 15 is 0 Å². The lowest BCUT2D eigenvalue weighted by molar-refractivity contribution is -0.00259. The molecule has 2 aromatic heterocycles. The molecule has 0 spiro atoms. The number of anilines is 3. The largest absolute Gasteiger partial charge is 0.310 e. The number of rotatable bonds is 4. The minimum absolute atomic E-state index is 0.674. The van der Waals surface area contributed by atoms with Crippen LogP contribution in [0.4, 0.5) is 17.1 Å². The number of thiophene rings is 2. The fraction of sp³-hybridized carbons (Fsp3) is 0.250. The van der Waals surface area contributed by atoms with Gasteiger partial charge < -0.3 is 4.90 Å². The van der Waals surface area contributed by atoms with Crippen LogP contribution in [-0.2, 0) is 0 Å². The van der Waals surface area contributed by atoms with Gasteiger partial charge in [0.05, 0.1) is 0 Å². The average molecular weight is 592 g/mol. The van der Waals surface area contributed by atoms with Gasteiger partial charge >= 0.3 is 0 Å². The SMILES string of the molecule is c1ccc(N(c2ccc3c(c2)sc2ccccc23)c2ccc3c(c2)sc2ccccc23)c(C2C3CC4CC(C3)CC2C4)c1. The van der Waals surface area contributed by atoms with Gasteiger partial charge in [0, 0.05) is 57.4 Å². The Labute approximate surface area is 260 Å². The molecule has 11 rings (SSSR count). The molecule has 0 N–H and O–H groups in total. The molecule has 4 fully saturated rings. The number of hydrogen-bond donors (Lipinski definition) is 0. The minimum atomic E-state index is 0.674. The van der Waals surface area contributed by atoms with Crippen LogP contribution in [0.1, 0.15) is 43.6 Å². The second kappa shape index (κ2) is 9.42. The number of nitrogens with zero attached hydrogens (tertiary/aromatic N) is 1. The van der Waals surface area contributed by atoms with E-state index in [2.05, 4.69) is 114 Å². The molecule has 2 heterocycles. The molecule has 0 atom stereocenters. The summed E-state index contributed by atoms with van der Waals surface area (Å²) in [6.07, 6.45) is 7.25. The second-order valence-electron chi connectivity index (χ2n) is 13.4. The van der Waals surface area contributed by atoms with Crippen LogP contribution in [0.15, 0.2) is 109 Å². The third-order valence-electron chi connectivity index (χ3n) is 11.0.